The minimum atomic E-state index is -4.03. The Kier molecular flexibility index (Phi) is 9.78. The maximum Gasteiger partial charge on any atom is 0.301 e. The molecule has 2 aromatic carbocycles. The summed E-state index contributed by atoms with van der Waals surface area (Å²) in [6.07, 6.45) is -2.60. The van der Waals surface area contributed by atoms with Crippen molar-refractivity contribution in [3.8, 4) is 17.3 Å². The molecule has 240 valence electrons. The van der Waals surface area contributed by atoms with E-state index in [1.807, 2.05) is 30.3 Å². The van der Waals surface area contributed by atoms with Crippen LogP contribution in [0.4, 0.5) is 0 Å². The van der Waals surface area contributed by atoms with Crippen LogP contribution in [-0.2, 0) is 35.2 Å². The van der Waals surface area contributed by atoms with E-state index < -0.39 is 42.6 Å². The van der Waals surface area contributed by atoms with Crippen LogP contribution in [0.3, 0.4) is 0 Å². The van der Waals surface area contributed by atoms with Crippen molar-refractivity contribution in [2.75, 3.05) is 19.8 Å². The van der Waals surface area contributed by atoms with Gasteiger partial charge in [-0.25, -0.2) is 4.98 Å². The monoisotopic (exact) mass is 799 g/mol. The van der Waals surface area contributed by atoms with Gasteiger partial charge in [0.25, 0.3) is 10.1 Å². The average Bonchev–Trinajstić information content (AvgIpc) is 3.66. The van der Waals surface area contributed by atoms with E-state index in [0.717, 1.165) is 20.6 Å². The molecule has 10 nitrogen and oxygen atoms in total. The zero-order valence-corrected chi connectivity index (χ0v) is 30.5. The first-order chi connectivity index (χ1) is 21.4. The number of pyridine rings is 1. The Morgan fingerprint density at radius 2 is 1.58 bits per heavy atom. The van der Waals surface area contributed by atoms with Crippen LogP contribution in [0.1, 0.15) is 0 Å². The van der Waals surface area contributed by atoms with E-state index in [-0.39, 0.29) is 30.9 Å². The van der Waals surface area contributed by atoms with Gasteiger partial charge in [0.2, 0.25) is 0 Å². The second kappa shape index (κ2) is 13.3. The second-order valence-corrected chi connectivity index (χ2v) is 21.6. The molecule has 2 aromatic heterocycles. The SMILES string of the molecule is C[Si](C)(C)CCOCn1c(O[C@@H]2CO[C@H]3[C@@H]2OC[C@H]3OS(=O)(=O)c2ccc(Br)cc2)nc2nc(-c3ccc(Br)cc3)c(Cl)cc21. The molecule has 4 aromatic rings. The Balaban J connectivity index is 1.24. The fourth-order valence-electron chi connectivity index (χ4n) is 5.13. The van der Waals surface area contributed by atoms with Gasteiger partial charge < -0.3 is 18.9 Å². The van der Waals surface area contributed by atoms with E-state index in [1.165, 1.54) is 12.1 Å². The summed E-state index contributed by atoms with van der Waals surface area (Å²) >= 11 is 13.5. The molecular formula is C30H32Br2ClN3O7SSi. The molecule has 0 saturated carbocycles. The molecule has 4 atom stereocenters. The van der Waals surface area contributed by atoms with Crippen molar-refractivity contribution < 1.29 is 31.5 Å². The highest BCUT2D eigenvalue weighted by Crippen LogP contribution is 2.36. The lowest BCUT2D eigenvalue weighted by molar-refractivity contribution is 0.0109. The first-order valence-corrected chi connectivity index (χ1v) is 21.5. The zero-order chi connectivity index (χ0) is 31.9. The van der Waals surface area contributed by atoms with Crippen LogP contribution >= 0.6 is 43.5 Å². The summed E-state index contributed by atoms with van der Waals surface area (Å²) in [4.78, 5) is 9.58. The van der Waals surface area contributed by atoms with Gasteiger partial charge in [0, 0.05) is 29.2 Å². The number of fused-ring (bicyclic) bond motifs is 2. The van der Waals surface area contributed by atoms with Gasteiger partial charge >= 0.3 is 6.01 Å². The molecule has 0 radical (unpaired) electrons. The van der Waals surface area contributed by atoms with Crippen molar-refractivity contribution in [2.45, 2.75) is 61.7 Å². The molecule has 2 aliphatic heterocycles. The van der Waals surface area contributed by atoms with E-state index in [1.54, 1.807) is 16.7 Å². The third kappa shape index (κ3) is 7.49. The highest BCUT2D eigenvalue weighted by atomic mass is 79.9. The highest BCUT2D eigenvalue weighted by Gasteiger charge is 2.51. The van der Waals surface area contributed by atoms with Crippen molar-refractivity contribution in [3.63, 3.8) is 0 Å². The summed E-state index contributed by atoms with van der Waals surface area (Å²) in [6, 6.07) is 17.1. The number of rotatable bonds is 11. The van der Waals surface area contributed by atoms with Crippen LogP contribution in [0.15, 0.2) is 68.4 Å². The molecule has 2 aliphatic rings. The van der Waals surface area contributed by atoms with Crippen LogP contribution in [0.25, 0.3) is 22.4 Å². The molecule has 15 heteroatoms. The summed E-state index contributed by atoms with van der Waals surface area (Å²) in [5.74, 6) is 0. The van der Waals surface area contributed by atoms with E-state index >= 15 is 0 Å². The van der Waals surface area contributed by atoms with Gasteiger partial charge in [0.05, 0.1) is 34.3 Å². The van der Waals surface area contributed by atoms with Crippen molar-refractivity contribution >= 4 is 72.8 Å². The predicted molar refractivity (Wildman–Crippen MR) is 180 cm³/mol. The second-order valence-electron chi connectivity index (χ2n) is 12.1. The molecule has 0 aliphatic carbocycles. The van der Waals surface area contributed by atoms with Gasteiger partial charge in [-0.1, -0.05) is 75.2 Å². The first kappa shape index (κ1) is 33.0. The van der Waals surface area contributed by atoms with Gasteiger partial charge in [-0.2, -0.15) is 13.4 Å². The molecule has 0 bridgehead atoms. The molecule has 2 fully saturated rings. The minimum absolute atomic E-state index is 0.0366. The summed E-state index contributed by atoms with van der Waals surface area (Å²) in [5.41, 5.74) is 2.56. The molecule has 0 amide bonds. The number of halogens is 3. The van der Waals surface area contributed by atoms with Crippen molar-refractivity contribution in [2.24, 2.45) is 0 Å². The Hall–Kier alpha value is -1.88. The average molecular weight is 802 g/mol. The third-order valence-electron chi connectivity index (χ3n) is 7.57. The summed E-state index contributed by atoms with van der Waals surface area (Å²) in [5, 5.41) is 0.468. The lowest BCUT2D eigenvalue weighted by atomic mass is 10.1. The molecule has 0 spiro atoms. The molecule has 6 rings (SSSR count). The standard InChI is InChI=1S/C30H32Br2ClN3O7SSi/c1-45(2,3)13-12-39-17-36-23-14-22(33)26(18-4-6-19(31)7-5-18)34-29(23)35-30(36)42-24-15-40-28-25(16-41-27(24)28)43-44(37,38)21-10-8-20(32)9-11-21/h4-11,14,24-25,27-28H,12-13,15-17H2,1-3H3/t24-,25-,27-,28-/m1/s1. The summed E-state index contributed by atoms with van der Waals surface area (Å²) < 4.78 is 59.4. The van der Waals surface area contributed by atoms with Gasteiger partial charge in [-0.15, -0.1) is 0 Å². The topological polar surface area (TPSA) is 111 Å². The van der Waals surface area contributed by atoms with Gasteiger partial charge in [0.15, 0.2) is 11.8 Å². The highest BCUT2D eigenvalue weighted by molar-refractivity contribution is 9.10. The van der Waals surface area contributed by atoms with Crippen LogP contribution in [-0.4, -0.2) is 75.3 Å². The quantitative estimate of drug-likeness (QED) is 0.0909. The van der Waals surface area contributed by atoms with Crippen LogP contribution in [0, 0.1) is 0 Å². The zero-order valence-electron chi connectivity index (χ0n) is 24.8. The molecule has 2 saturated heterocycles. The maximum atomic E-state index is 12.9. The van der Waals surface area contributed by atoms with E-state index in [4.69, 9.17) is 44.7 Å². The maximum absolute atomic E-state index is 12.9. The normalized spacial score (nSPS) is 21.8. The number of ether oxygens (including phenoxy) is 4. The lowest BCUT2D eigenvalue weighted by Gasteiger charge is -2.19. The van der Waals surface area contributed by atoms with Crippen molar-refractivity contribution in [3.05, 3.63) is 68.6 Å². The van der Waals surface area contributed by atoms with E-state index in [9.17, 15) is 8.42 Å². The van der Waals surface area contributed by atoms with Crippen LogP contribution in [0.2, 0.25) is 30.7 Å². The Labute approximate surface area is 284 Å². The summed E-state index contributed by atoms with van der Waals surface area (Å²) in [7, 11) is -5.34. The number of benzene rings is 2. The Bertz CT molecular complexity index is 1790. The molecule has 45 heavy (non-hydrogen) atoms. The first-order valence-electron chi connectivity index (χ1n) is 14.4. The van der Waals surface area contributed by atoms with Crippen LogP contribution in [0.5, 0.6) is 6.01 Å². The van der Waals surface area contributed by atoms with Crippen LogP contribution < -0.4 is 4.74 Å². The molecule has 0 N–H and O–H groups in total. The Morgan fingerprint density at radius 1 is 0.956 bits per heavy atom. The smallest absolute Gasteiger partial charge is 0.301 e. The predicted octanol–water partition coefficient (Wildman–Crippen LogP) is 6.91. The van der Waals surface area contributed by atoms with Gasteiger partial charge in [-0.3, -0.25) is 8.75 Å². The van der Waals surface area contributed by atoms with Gasteiger partial charge in [0.1, 0.15) is 25.0 Å². The number of hydrogen-bond acceptors (Lipinski definition) is 9. The number of aromatic nitrogens is 3. The number of nitrogens with zero attached hydrogens (tertiary/aromatic N) is 3. The summed E-state index contributed by atoms with van der Waals surface area (Å²) in [6.45, 7) is 7.86. The molecule has 0 unspecified atom stereocenters. The third-order valence-corrected chi connectivity index (χ3v) is 12.0. The largest absolute Gasteiger partial charge is 0.456 e. The minimum Gasteiger partial charge on any atom is -0.456 e. The molecular weight excluding hydrogens is 770 g/mol. The number of hydrogen-bond donors (Lipinski definition) is 0. The van der Waals surface area contributed by atoms with Gasteiger partial charge in [-0.05, 0) is 48.5 Å². The van der Waals surface area contributed by atoms with E-state index in [0.29, 0.717) is 28.5 Å². The van der Waals surface area contributed by atoms with Crippen molar-refractivity contribution in [1.82, 2.24) is 14.5 Å². The fraction of sp³-hybridized carbons (Fsp3) is 0.400. The van der Waals surface area contributed by atoms with Crippen molar-refractivity contribution in [1.29, 1.82) is 0 Å². The fourth-order valence-corrected chi connectivity index (χ4v) is 7.74. The Morgan fingerprint density at radius 3 is 2.24 bits per heavy atom. The van der Waals surface area contributed by atoms with E-state index in [2.05, 4.69) is 51.5 Å². The number of imidazole rings is 1. The molecule has 4 heterocycles. The lowest BCUT2D eigenvalue weighted by Crippen LogP contribution is -2.36.